The van der Waals surface area contributed by atoms with Crippen molar-refractivity contribution in [3.05, 3.63) is 64.0 Å². The average Bonchev–Trinajstić information content (AvgIpc) is 3.18. The van der Waals surface area contributed by atoms with Gasteiger partial charge in [0.25, 0.3) is 5.89 Å². The highest BCUT2D eigenvalue weighted by molar-refractivity contribution is 7.13. The van der Waals surface area contributed by atoms with Crippen LogP contribution in [0.4, 0.5) is 0 Å². The van der Waals surface area contributed by atoms with Crippen molar-refractivity contribution in [2.24, 2.45) is 0 Å². The molecule has 0 aliphatic heterocycles. The summed E-state index contributed by atoms with van der Waals surface area (Å²) in [5.74, 6) is -0.261. The Morgan fingerprint density at radius 1 is 1.29 bits per heavy atom. The summed E-state index contributed by atoms with van der Waals surface area (Å²) < 4.78 is 6.32. The van der Waals surface area contributed by atoms with Gasteiger partial charge in [0.1, 0.15) is 0 Å². The number of aliphatic hydroxyl groups is 1. The third kappa shape index (κ3) is 4.19. The molecular weight excluding hydrogens is 326 g/mol. The molecule has 0 unspecified atom stereocenters. The molecule has 3 aromatic rings. The van der Waals surface area contributed by atoms with E-state index in [1.165, 1.54) is 21.6 Å². The Kier molecular flexibility index (Phi) is 5.24. The van der Waals surface area contributed by atoms with Gasteiger partial charge in [0, 0.05) is 13.1 Å². The number of aromatic nitrogens is 2. The van der Waals surface area contributed by atoms with Gasteiger partial charge in [0.15, 0.2) is 0 Å². The molecular formula is C17H19N3O3S. The highest BCUT2D eigenvalue weighted by Gasteiger charge is 2.15. The van der Waals surface area contributed by atoms with Crippen LogP contribution in [0.2, 0.25) is 0 Å². The highest BCUT2D eigenvalue weighted by Crippen LogP contribution is 2.21. The fourth-order valence-corrected chi connectivity index (χ4v) is 3.14. The Hall–Kier alpha value is -2.22. The second kappa shape index (κ2) is 7.57. The summed E-state index contributed by atoms with van der Waals surface area (Å²) in [6, 6.07) is 13.7. The predicted molar refractivity (Wildman–Crippen MR) is 92.9 cm³/mol. The van der Waals surface area contributed by atoms with Crippen LogP contribution in [0.25, 0.3) is 10.8 Å². The van der Waals surface area contributed by atoms with Gasteiger partial charge in [-0.2, -0.15) is 4.68 Å². The molecule has 0 spiro atoms. The van der Waals surface area contributed by atoms with Crippen molar-refractivity contribution in [2.75, 3.05) is 13.6 Å². The highest BCUT2D eigenvalue weighted by atomic mass is 32.1. The summed E-state index contributed by atoms with van der Waals surface area (Å²) >= 11 is 1.45. The lowest BCUT2D eigenvalue weighted by atomic mass is 10.2. The van der Waals surface area contributed by atoms with Crippen LogP contribution >= 0.6 is 11.3 Å². The summed E-state index contributed by atoms with van der Waals surface area (Å²) in [6.07, 6.45) is -0.710. The van der Waals surface area contributed by atoms with Crippen molar-refractivity contribution >= 4 is 11.3 Å². The van der Waals surface area contributed by atoms with E-state index in [0.717, 1.165) is 11.4 Å². The minimum Gasteiger partial charge on any atom is -0.390 e. The van der Waals surface area contributed by atoms with Crippen molar-refractivity contribution in [2.45, 2.75) is 19.2 Å². The number of aliphatic hydroxyl groups excluding tert-OH is 1. The molecule has 3 rings (SSSR count). The van der Waals surface area contributed by atoms with Gasteiger partial charge in [0.05, 0.1) is 17.5 Å². The second-order valence-corrected chi connectivity index (χ2v) is 6.62. The maximum Gasteiger partial charge on any atom is 0.437 e. The zero-order valence-electron chi connectivity index (χ0n) is 13.3. The van der Waals surface area contributed by atoms with Gasteiger partial charge in [-0.15, -0.1) is 16.4 Å². The Morgan fingerprint density at radius 3 is 2.79 bits per heavy atom. The number of rotatable bonds is 7. The molecule has 1 atom stereocenters. The quantitative estimate of drug-likeness (QED) is 0.710. The SMILES string of the molecule is CN(Cc1ccccc1)C[C@@H](O)Cn1nc(-c2cccs2)oc1=O. The van der Waals surface area contributed by atoms with Crippen LogP contribution in [0.5, 0.6) is 0 Å². The minimum atomic E-state index is -0.710. The minimum absolute atomic E-state index is 0.104. The van der Waals surface area contributed by atoms with E-state index >= 15 is 0 Å². The summed E-state index contributed by atoms with van der Waals surface area (Å²) in [6.45, 7) is 1.27. The van der Waals surface area contributed by atoms with E-state index in [0.29, 0.717) is 12.4 Å². The lowest BCUT2D eigenvalue weighted by Crippen LogP contribution is -2.34. The molecule has 2 aromatic heterocycles. The van der Waals surface area contributed by atoms with Crippen LogP contribution < -0.4 is 5.76 Å². The van der Waals surface area contributed by atoms with E-state index in [2.05, 4.69) is 5.10 Å². The molecule has 7 heteroatoms. The van der Waals surface area contributed by atoms with E-state index in [4.69, 9.17) is 4.42 Å². The number of hydrogen-bond donors (Lipinski definition) is 1. The summed E-state index contributed by atoms with van der Waals surface area (Å²) in [7, 11) is 1.93. The molecule has 0 bridgehead atoms. The van der Waals surface area contributed by atoms with Gasteiger partial charge in [-0.25, -0.2) is 4.79 Å². The molecule has 2 heterocycles. The molecule has 0 saturated heterocycles. The van der Waals surface area contributed by atoms with Gasteiger partial charge < -0.3 is 9.52 Å². The molecule has 24 heavy (non-hydrogen) atoms. The topological polar surface area (TPSA) is 71.5 Å². The summed E-state index contributed by atoms with van der Waals surface area (Å²) in [5, 5.41) is 16.3. The predicted octanol–water partition coefficient (Wildman–Crippen LogP) is 2.06. The largest absolute Gasteiger partial charge is 0.437 e. The zero-order chi connectivity index (χ0) is 16.9. The molecule has 126 valence electrons. The molecule has 1 N–H and O–H groups in total. The molecule has 0 amide bonds. The third-order valence-electron chi connectivity index (χ3n) is 3.54. The first kappa shape index (κ1) is 16.6. The summed E-state index contributed by atoms with van der Waals surface area (Å²) in [4.78, 5) is 14.7. The molecule has 0 fully saturated rings. The zero-order valence-corrected chi connectivity index (χ0v) is 14.1. The van der Waals surface area contributed by atoms with Crippen molar-refractivity contribution < 1.29 is 9.52 Å². The van der Waals surface area contributed by atoms with E-state index in [-0.39, 0.29) is 6.54 Å². The first-order chi connectivity index (χ1) is 11.6. The first-order valence-corrected chi connectivity index (χ1v) is 8.52. The molecule has 0 aliphatic rings. The Labute approximate surface area is 143 Å². The normalized spacial score (nSPS) is 12.6. The second-order valence-electron chi connectivity index (χ2n) is 5.67. The number of benzene rings is 1. The fourth-order valence-electron chi connectivity index (χ4n) is 2.50. The van der Waals surface area contributed by atoms with Crippen molar-refractivity contribution in [1.29, 1.82) is 0 Å². The number of likely N-dealkylation sites (N-methyl/N-ethyl adjacent to an activating group) is 1. The molecule has 6 nitrogen and oxygen atoms in total. The van der Waals surface area contributed by atoms with E-state index in [9.17, 15) is 9.90 Å². The van der Waals surface area contributed by atoms with Gasteiger partial charge in [-0.1, -0.05) is 36.4 Å². The number of thiophene rings is 1. The van der Waals surface area contributed by atoms with Crippen molar-refractivity contribution in [3.63, 3.8) is 0 Å². The van der Waals surface area contributed by atoms with E-state index < -0.39 is 11.9 Å². The maximum atomic E-state index is 11.9. The van der Waals surface area contributed by atoms with Crippen LogP contribution in [0.1, 0.15) is 5.56 Å². The number of nitrogens with zero attached hydrogens (tertiary/aromatic N) is 3. The smallest absolute Gasteiger partial charge is 0.390 e. The van der Waals surface area contributed by atoms with Crippen LogP contribution in [0.15, 0.2) is 57.1 Å². The van der Waals surface area contributed by atoms with Gasteiger partial charge in [-0.3, -0.25) is 4.90 Å². The van der Waals surface area contributed by atoms with Crippen molar-refractivity contribution in [3.8, 4) is 10.8 Å². The monoisotopic (exact) mass is 345 g/mol. The van der Waals surface area contributed by atoms with E-state index in [1.807, 2.05) is 59.8 Å². The molecule has 0 radical (unpaired) electrons. The molecule has 1 aromatic carbocycles. The Balaban J connectivity index is 1.59. The maximum absolute atomic E-state index is 11.9. The summed E-state index contributed by atoms with van der Waals surface area (Å²) in [5.41, 5.74) is 1.17. The van der Waals surface area contributed by atoms with Gasteiger partial charge in [-0.05, 0) is 24.1 Å². The van der Waals surface area contributed by atoms with Gasteiger partial charge in [0.2, 0.25) is 0 Å². The van der Waals surface area contributed by atoms with Crippen LogP contribution in [-0.4, -0.2) is 39.5 Å². The van der Waals surface area contributed by atoms with Crippen LogP contribution in [0, 0.1) is 0 Å². The van der Waals surface area contributed by atoms with Crippen molar-refractivity contribution in [1.82, 2.24) is 14.7 Å². The third-order valence-corrected chi connectivity index (χ3v) is 4.40. The van der Waals surface area contributed by atoms with Crippen LogP contribution in [0.3, 0.4) is 0 Å². The average molecular weight is 345 g/mol. The Bertz CT molecular complexity index is 811. The number of hydrogen-bond acceptors (Lipinski definition) is 6. The van der Waals surface area contributed by atoms with Gasteiger partial charge >= 0.3 is 5.76 Å². The molecule has 0 saturated carbocycles. The Morgan fingerprint density at radius 2 is 2.08 bits per heavy atom. The molecule has 0 aliphatic carbocycles. The fraction of sp³-hybridized carbons (Fsp3) is 0.294. The standard InChI is InChI=1S/C17H19N3O3S/c1-19(10-13-6-3-2-4-7-13)11-14(21)12-20-17(22)23-16(18-20)15-8-5-9-24-15/h2-9,14,21H,10-12H2,1H3/t14-/m1/s1. The lowest BCUT2D eigenvalue weighted by Gasteiger charge is -2.20. The lowest BCUT2D eigenvalue weighted by molar-refractivity contribution is 0.102. The first-order valence-electron chi connectivity index (χ1n) is 7.64. The van der Waals surface area contributed by atoms with E-state index in [1.54, 1.807) is 0 Å². The van der Waals surface area contributed by atoms with Crippen LogP contribution in [-0.2, 0) is 13.1 Å².